The zero-order chi connectivity index (χ0) is 18.2. The Balaban J connectivity index is 1.46. The van der Waals surface area contributed by atoms with Gasteiger partial charge >= 0.3 is 0 Å². The lowest BCUT2D eigenvalue weighted by Crippen LogP contribution is -2.47. The van der Waals surface area contributed by atoms with Crippen molar-refractivity contribution in [2.45, 2.75) is 64.7 Å². The first-order valence-corrected chi connectivity index (χ1v) is 10.9. The Morgan fingerprint density at radius 1 is 1.38 bits per heavy atom. The van der Waals surface area contributed by atoms with Crippen molar-refractivity contribution in [3.05, 3.63) is 16.1 Å². The number of rotatable bonds is 7. The van der Waals surface area contributed by atoms with Gasteiger partial charge in [-0.25, -0.2) is 9.98 Å². The number of nitrogens with one attached hydrogen (secondary N) is 1. The number of thiazole rings is 1. The minimum Gasteiger partial charge on any atom is -0.376 e. The lowest BCUT2D eigenvalue weighted by Gasteiger charge is -2.34. The molecule has 0 aliphatic carbocycles. The first-order valence-electron chi connectivity index (χ1n) is 9.98. The maximum atomic E-state index is 6.08. The fraction of sp³-hybridized carbons (Fsp3) is 0.789. The van der Waals surface area contributed by atoms with Crippen molar-refractivity contribution in [3.8, 4) is 0 Å². The number of ether oxygens (including phenoxy) is 2. The molecule has 146 valence electrons. The van der Waals surface area contributed by atoms with E-state index in [1.54, 1.807) is 11.3 Å². The SMILES string of the molecule is CCNC(=NCc1csc(CC)n1)N1CCC(OCC2CCCO2)CC1. The molecule has 2 aliphatic rings. The number of aliphatic imine (C=N–C) groups is 1. The molecule has 0 amide bonds. The van der Waals surface area contributed by atoms with E-state index in [0.29, 0.717) is 18.8 Å². The molecule has 1 unspecified atom stereocenters. The van der Waals surface area contributed by atoms with Gasteiger partial charge in [-0.05, 0) is 39.0 Å². The quantitative estimate of drug-likeness (QED) is 0.582. The molecule has 3 heterocycles. The summed E-state index contributed by atoms with van der Waals surface area (Å²) in [4.78, 5) is 11.8. The van der Waals surface area contributed by atoms with Crippen LogP contribution in [0.4, 0.5) is 0 Å². The van der Waals surface area contributed by atoms with Gasteiger partial charge < -0.3 is 19.7 Å². The van der Waals surface area contributed by atoms with Crippen LogP contribution in [0.5, 0.6) is 0 Å². The van der Waals surface area contributed by atoms with Crippen molar-refractivity contribution >= 4 is 17.3 Å². The highest BCUT2D eigenvalue weighted by atomic mass is 32.1. The Labute approximate surface area is 161 Å². The lowest BCUT2D eigenvalue weighted by molar-refractivity contribution is -0.0367. The van der Waals surface area contributed by atoms with E-state index >= 15 is 0 Å². The summed E-state index contributed by atoms with van der Waals surface area (Å²) in [5.41, 5.74) is 1.07. The topological polar surface area (TPSA) is 59.0 Å². The number of aryl methyl sites for hydroxylation is 1. The number of hydrogen-bond acceptors (Lipinski definition) is 5. The fourth-order valence-corrected chi connectivity index (χ4v) is 4.16. The molecule has 0 aromatic carbocycles. The summed E-state index contributed by atoms with van der Waals surface area (Å²) in [6, 6.07) is 0. The highest BCUT2D eigenvalue weighted by Crippen LogP contribution is 2.18. The van der Waals surface area contributed by atoms with Crippen LogP contribution in [0.2, 0.25) is 0 Å². The first-order chi connectivity index (χ1) is 12.8. The molecule has 0 radical (unpaired) electrons. The second-order valence-electron chi connectivity index (χ2n) is 6.91. The molecule has 2 fully saturated rings. The van der Waals surface area contributed by atoms with Gasteiger partial charge in [-0.2, -0.15) is 0 Å². The minimum atomic E-state index is 0.318. The van der Waals surface area contributed by atoms with E-state index in [-0.39, 0.29) is 0 Å². The normalized spacial score (nSPS) is 22.2. The van der Waals surface area contributed by atoms with E-state index in [1.807, 2.05) is 0 Å². The summed E-state index contributed by atoms with van der Waals surface area (Å²) in [7, 11) is 0. The molecule has 0 bridgehead atoms. The number of hydrogen-bond donors (Lipinski definition) is 1. The van der Waals surface area contributed by atoms with Gasteiger partial charge in [0.25, 0.3) is 0 Å². The second kappa shape index (κ2) is 10.2. The summed E-state index contributed by atoms with van der Waals surface area (Å²) in [6.07, 6.45) is 6.08. The predicted octanol–water partition coefficient (Wildman–Crippen LogP) is 2.83. The molecule has 2 saturated heterocycles. The first kappa shape index (κ1) is 19.6. The molecule has 1 N–H and O–H groups in total. The van der Waals surface area contributed by atoms with Crippen LogP contribution in [0.25, 0.3) is 0 Å². The molecule has 1 atom stereocenters. The number of likely N-dealkylation sites (tertiary alicyclic amines) is 1. The Morgan fingerprint density at radius 2 is 2.23 bits per heavy atom. The van der Waals surface area contributed by atoms with Gasteiger partial charge in [-0.1, -0.05) is 6.92 Å². The summed E-state index contributed by atoms with van der Waals surface area (Å²) >= 11 is 1.73. The Kier molecular flexibility index (Phi) is 7.70. The van der Waals surface area contributed by atoms with Crippen molar-refractivity contribution in [2.75, 3.05) is 32.8 Å². The molecule has 7 heteroatoms. The zero-order valence-electron chi connectivity index (χ0n) is 16.1. The largest absolute Gasteiger partial charge is 0.376 e. The number of aromatic nitrogens is 1. The Hall–Kier alpha value is -1.18. The van der Waals surface area contributed by atoms with Gasteiger partial charge in [0, 0.05) is 31.6 Å². The summed E-state index contributed by atoms with van der Waals surface area (Å²) in [5.74, 6) is 0.996. The third-order valence-corrected chi connectivity index (χ3v) is 5.95. The Morgan fingerprint density at radius 3 is 2.88 bits per heavy atom. The molecule has 0 spiro atoms. The molecule has 3 rings (SSSR count). The van der Waals surface area contributed by atoms with Crippen LogP contribution < -0.4 is 5.32 Å². The molecule has 0 saturated carbocycles. The monoisotopic (exact) mass is 380 g/mol. The van der Waals surface area contributed by atoms with Crippen molar-refractivity contribution in [2.24, 2.45) is 4.99 Å². The van der Waals surface area contributed by atoms with Gasteiger partial charge in [0.05, 0.1) is 36.1 Å². The molecule has 1 aromatic heterocycles. The van der Waals surface area contributed by atoms with E-state index in [9.17, 15) is 0 Å². The van der Waals surface area contributed by atoms with Crippen LogP contribution in [0.3, 0.4) is 0 Å². The van der Waals surface area contributed by atoms with Gasteiger partial charge in [0.15, 0.2) is 5.96 Å². The van der Waals surface area contributed by atoms with E-state index in [1.165, 1.54) is 11.4 Å². The number of piperidine rings is 1. The smallest absolute Gasteiger partial charge is 0.194 e. The van der Waals surface area contributed by atoms with Crippen LogP contribution in [-0.2, 0) is 22.4 Å². The van der Waals surface area contributed by atoms with Crippen LogP contribution in [0.15, 0.2) is 10.4 Å². The summed E-state index contributed by atoms with van der Waals surface area (Å²) in [6.45, 7) is 9.40. The average molecular weight is 381 g/mol. The average Bonchev–Trinajstić information content (AvgIpc) is 3.35. The molecular formula is C19H32N4O2S. The molecule has 26 heavy (non-hydrogen) atoms. The van der Waals surface area contributed by atoms with E-state index in [2.05, 4.69) is 34.4 Å². The van der Waals surface area contributed by atoms with Gasteiger partial charge in [0.2, 0.25) is 0 Å². The zero-order valence-corrected chi connectivity index (χ0v) is 16.9. The maximum Gasteiger partial charge on any atom is 0.194 e. The summed E-state index contributed by atoms with van der Waals surface area (Å²) < 4.78 is 11.7. The highest BCUT2D eigenvalue weighted by Gasteiger charge is 2.24. The van der Waals surface area contributed by atoms with Crippen LogP contribution in [-0.4, -0.2) is 60.9 Å². The maximum absolute atomic E-state index is 6.08. The van der Waals surface area contributed by atoms with Gasteiger partial charge in [-0.3, -0.25) is 0 Å². The fourth-order valence-electron chi connectivity index (χ4n) is 3.42. The number of guanidine groups is 1. The van der Waals surface area contributed by atoms with Gasteiger partial charge in [0.1, 0.15) is 0 Å². The van der Waals surface area contributed by atoms with E-state index < -0.39 is 0 Å². The van der Waals surface area contributed by atoms with Gasteiger partial charge in [-0.15, -0.1) is 11.3 Å². The number of nitrogens with zero attached hydrogens (tertiary/aromatic N) is 3. The second-order valence-corrected chi connectivity index (χ2v) is 7.85. The standard InChI is InChI=1S/C19H32N4O2S/c1-3-18-22-15(14-26-18)12-21-19(20-4-2)23-9-7-16(8-10-23)25-13-17-6-5-11-24-17/h14,16-17H,3-13H2,1-2H3,(H,20,21). The van der Waals surface area contributed by atoms with E-state index in [4.69, 9.17) is 14.5 Å². The third-order valence-electron chi connectivity index (χ3n) is 4.91. The van der Waals surface area contributed by atoms with Crippen LogP contribution in [0, 0.1) is 0 Å². The lowest BCUT2D eigenvalue weighted by atomic mass is 10.1. The Bertz CT molecular complexity index is 564. The van der Waals surface area contributed by atoms with Crippen molar-refractivity contribution < 1.29 is 9.47 Å². The molecular weight excluding hydrogens is 348 g/mol. The van der Waals surface area contributed by atoms with Crippen LogP contribution >= 0.6 is 11.3 Å². The minimum absolute atomic E-state index is 0.318. The van der Waals surface area contributed by atoms with Crippen LogP contribution in [0.1, 0.15) is 50.2 Å². The molecule has 2 aliphatic heterocycles. The van der Waals surface area contributed by atoms with Crippen molar-refractivity contribution in [1.82, 2.24) is 15.2 Å². The predicted molar refractivity (Wildman–Crippen MR) is 106 cm³/mol. The highest BCUT2D eigenvalue weighted by molar-refractivity contribution is 7.09. The summed E-state index contributed by atoms with van der Waals surface area (Å²) in [5, 5.41) is 6.73. The van der Waals surface area contributed by atoms with Crippen molar-refractivity contribution in [1.29, 1.82) is 0 Å². The van der Waals surface area contributed by atoms with Crippen molar-refractivity contribution in [3.63, 3.8) is 0 Å². The third kappa shape index (κ3) is 5.66. The van der Waals surface area contributed by atoms with E-state index in [0.717, 1.165) is 70.2 Å². The molecule has 1 aromatic rings. The molecule has 6 nitrogen and oxygen atoms in total.